The van der Waals surface area contributed by atoms with Gasteiger partial charge in [0.25, 0.3) is 5.91 Å². The SMILES string of the molecule is Cc1nn(-c2ccccc2)c(C)c1CN(C)CC(=O)Nc1ccccc1C(=O)NC1CC1. The summed E-state index contributed by atoms with van der Waals surface area (Å²) in [5.74, 6) is -0.304. The molecule has 0 spiro atoms. The van der Waals surface area contributed by atoms with Crippen LogP contribution in [0.4, 0.5) is 5.69 Å². The summed E-state index contributed by atoms with van der Waals surface area (Å²) in [5, 5.41) is 10.6. The van der Waals surface area contributed by atoms with Crippen LogP contribution in [0.1, 0.15) is 40.2 Å². The van der Waals surface area contributed by atoms with Crippen molar-refractivity contribution in [2.75, 3.05) is 18.9 Å². The lowest BCUT2D eigenvalue weighted by Gasteiger charge is -2.18. The van der Waals surface area contributed by atoms with Crippen LogP contribution in [-0.2, 0) is 11.3 Å². The van der Waals surface area contributed by atoms with Crippen molar-refractivity contribution in [3.05, 3.63) is 77.1 Å². The highest BCUT2D eigenvalue weighted by atomic mass is 16.2. The lowest BCUT2D eigenvalue weighted by atomic mass is 10.1. The van der Waals surface area contributed by atoms with Crippen molar-refractivity contribution in [2.45, 2.75) is 39.3 Å². The first-order valence-corrected chi connectivity index (χ1v) is 10.9. The van der Waals surface area contributed by atoms with Crippen LogP contribution in [-0.4, -0.2) is 46.1 Å². The predicted molar refractivity (Wildman–Crippen MR) is 125 cm³/mol. The molecule has 2 amide bonds. The van der Waals surface area contributed by atoms with Gasteiger partial charge in [-0.1, -0.05) is 30.3 Å². The number of para-hydroxylation sites is 2. The zero-order chi connectivity index (χ0) is 22.7. The molecule has 4 rings (SSSR count). The summed E-state index contributed by atoms with van der Waals surface area (Å²) in [6.45, 7) is 4.84. The Morgan fingerprint density at radius 3 is 2.47 bits per heavy atom. The number of rotatable bonds is 8. The Morgan fingerprint density at radius 1 is 1.06 bits per heavy atom. The van der Waals surface area contributed by atoms with Crippen molar-refractivity contribution in [3.63, 3.8) is 0 Å². The van der Waals surface area contributed by atoms with E-state index in [0.717, 1.165) is 35.5 Å². The lowest BCUT2D eigenvalue weighted by Crippen LogP contribution is -2.31. The van der Waals surface area contributed by atoms with Crippen LogP contribution in [0.3, 0.4) is 0 Å². The molecule has 0 saturated heterocycles. The summed E-state index contributed by atoms with van der Waals surface area (Å²) in [4.78, 5) is 27.1. The molecule has 0 atom stereocenters. The van der Waals surface area contributed by atoms with Gasteiger partial charge in [0.2, 0.25) is 5.91 Å². The smallest absolute Gasteiger partial charge is 0.253 e. The molecule has 1 fully saturated rings. The molecule has 3 aromatic rings. The minimum atomic E-state index is -0.162. The second-order valence-electron chi connectivity index (χ2n) is 8.41. The molecule has 0 aliphatic heterocycles. The van der Waals surface area contributed by atoms with E-state index < -0.39 is 0 Å². The third kappa shape index (κ3) is 5.06. The molecule has 32 heavy (non-hydrogen) atoms. The number of anilines is 1. The molecular weight excluding hydrogens is 402 g/mol. The number of nitrogens with one attached hydrogen (secondary N) is 2. The highest BCUT2D eigenvalue weighted by molar-refractivity contribution is 6.04. The maximum Gasteiger partial charge on any atom is 0.253 e. The summed E-state index contributed by atoms with van der Waals surface area (Å²) in [5.41, 5.74) is 5.15. The van der Waals surface area contributed by atoms with Crippen LogP contribution in [0, 0.1) is 13.8 Å². The average molecular weight is 432 g/mol. The van der Waals surface area contributed by atoms with E-state index in [4.69, 9.17) is 0 Å². The number of hydrogen-bond donors (Lipinski definition) is 2. The van der Waals surface area contributed by atoms with Gasteiger partial charge in [-0.15, -0.1) is 0 Å². The third-order valence-electron chi connectivity index (χ3n) is 5.64. The first-order valence-electron chi connectivity index (χ1n) is 10.9. The van der Waals surface area contributed by atoms with Crippen molar-refractivity contribution in [1.29, 1.82) is 0 Å². The standard InChI is InChI=1S/C25H29N5O2/c1-17-22(18(2)30(28-17)20-9-5-4-6-10-20)15-29(3)16-24(31)27-23-12-8-7-11-21(23)25(32)26-19-13-14-19/h4-12,19H,13-16H2,1-3H3,(H,26,32)(H,27,31). The van der Waals surface area contributed by atoms with E-state index in [0.29, 0.717) is 17.8 Å². The number of nitrogens with zero attached hydrogens (tertiary/aromatic N) is 3. The van der Waals surface area contributed by atoms with Gasteiger partial charge in [-0.2, -0.15) is 5.10 Å². The van der Waals surface area contributed by atoms with Crippen molar-refractivity contribution < 1.29 is 9.59 Å². The van der Waals surface area contributed by atoms with E-state index in [1.54, 1.807) is 18.2 Å². The van der Waals surface area contributed by atoms with E-state index >= 15 is 0 Å². The summed E-state index contributed by atoms with van der Waals surface area (Å²) >= 11 is 0. The molecule has 166 valence electrons. The van der Waals surface area contributed by atoms with Gasteiger partial charge in [0.05, 0.1) is 29.2 Å². The van der Waals surface area contributed by atoms with Crippen molar-refractivity contribution >= 4 is 17.5 Å². The number of aromatic nitrogens is 2. The lowest BCUT2D eigenvalue weighted by molar-refractivity contribution is -0.117. The number of carbonyl (C=O) groups excluding carboxylic acids is 2. The highest BCUT2D eigenvalue weighted by Gasteiger charge is 2.25. The van der Waals surface area contributed by atoms with Crippen LogP contribution in [0.25, 0.3) is 5.69 Å². The molecule has 1 saturated carbocycles. The number of hydrogen-bond acceptors (Lipinski definition) is 4. The average Bonchev–Trinajstić information content (AvgIpc) is 3.55. The molecule has 2 aromatic carbocycles. The second kappa shape index (κ2) is 9.36. The van der Waals surface area contributed by atoms with Gasteiger partial charge in [-0.25, -0.2) is 4.68 Å². The zero-order valence-electron chi connectivity index (χ0n) is 18.8. The Morgan fingerprint density at radius 2 is 1.75 bits per heavy atom. The minimum Gasteiger partial charge on any atom is -0.349 e. The van der Waals surface area contributed by atoms with Crippen LogP contribution < -0.4 is 10.6 Å². The Labute approximate surface area is 188 Å². The fraction of sp³-hybridized carbons (Fsp3) is 0.320. The Kier molecular flexibility index (Phi) is 6.37. The first kappa shape index (κ1) is 21.8. The number of aryl methyl sites for hydroxylation is 1. The van der Waals surface area contributed by atoms with E-state index in [1.807, 2.05) is 66.9 Å². The molecule has 7 heteroatoms. The fourth-order valence-electron chi connectivity index (χ4n) is 3.77. The Bertz CT molecular complexity index is 1120. The van der Waals surface area contributed by atoms with Gasteiger partial charge in [0.1, 0.15) is 0 Å². The van der Waals surface area contributed by atoms with E-state index in [-0.39, 0.29) is 24.4 Å². The predicted octanol–water partition coefficient (Wildman–Crippen LogP) is 3.45. The number of benzene rings is 2. The number of likely N-dealkylation sites (N-methyl/N-ethyl adjacent to an activating group) is 1. The van der Waals surface area contributed by atoms with Crippen LogP contribution in [0.5, 0.6) is 0 Å². The van der Waals surface area contributed by atoms with Crippen molar-refractivity contribution in [3.8, 4) is 5.69 Å². The zero-order valence-corrected chi connectivity index (χ0v) is 18.8. The van der Waals surface area contributed by atoms with Gasteiger partial charge >= 0.3 is 0 Å². The topological polar surface area (TPSA) is 79.3 Å². The van der Waals surface area contributed by atoms with Gasteiger partial charge in [0, 0.05) is 23.8 Å². The van der Waals surface area contributed by atoms with E-state index in [1.165, 1.54) is 0 Å². The summed E-state index contributed by atoms with van der Waals surface area (Å²) in [6, 6.07) is 17.4. The van der Waals surface area contributed by atoms with Gasteiger partial charge < -0.3 is 10.6 Å². The highest BCUT2D eigenvalue weighted by Crippen LogP contribution is 2.22. The van der Waals surface area contributed by atoms with E-state index in [2.05, 4.69) is 15.7 Å². The third-order valence-corrected chi connectivity index (χ3v) is 5.64. The summed E-state index contributed by atoms with van der Waals surface area (Å²) < 4.78 is 1.94. The Balaban J connectivity index is 1.40. The molecule has 0 radical (unpaired) electrons. The molecule has 0 bridgehead atoms. The van der Waals surface area contributed by atoms with Crippen LogP contribution >= 0.6 is 0 Å². The second-order valence-corrected chi connectivity index (χ2v) is 8.41. The molecule has 7 nitrogen and oxygen atoms in total. The van der Waals surface area contributed by atoms with Gasteiger partial charge in [0.15, 0.2) is 0 Å². The number of amides is 2. The molecule has 1 aromatic heterocycles. The van der Waals surface area contributed by atoms with Crippen LogP contribution in [0.15, 0.2) is 54.6 Å². The fourth-order valence-corrected chi connectivity index (χ4v) is 3.77. The van der Waals surface area contributed by atoms with Crippen LogP contribution in [0.2, 0.25) is 0 Å². The quantitative estimate of drug-likeness (QED) is 0.573. The van der Waals surface area contributed by atoms with Gasteiger partial charge in [-0.3, -0.25) is 14.5 Å². The maximum atomic E-state index is 12.7. The summed E-state index contributed by atoms with van der Waals surface area (Å²) in [6.07, 6.45) is 2.04. The van der Waals surface area contributed by atoms with E-state index in [9.17, 15) is 9.59 Å². The molecule has 0 unspecified atom stereocenters. The summed E-state index contributed by atoms with van der Waals surface area (Å²) in [7, 11) is 1.91. The molecule has 2 N–H and O–H groups in total. The molecular formula is C25H29N5O2. The van der Waals surface area contributed by atoms with Crippen molar-refractivity contribution in [2.24, 2.45) is 0 Å². The first-order chi connectivity index (χ1) is 15.4. The Hall–Kier alpha value is -3.45. The normalized spacial score (nSPS) is 13.2. The maximum absolute atomic E-state index is 12.7. The van der Waals surface area contributed by atoms with Gasteiger partial charge in [-0.05, 0) is 58.0 Å². The molecule has 1 heterocycles. The number of carbonyl (C=O) groups is 2. The molecule has 1 aliphatic rings. The molecule has 1 aliphatic carbocycles. The largest absolute Gasteiger partial charge is 0.349 e. The monoisotopic (exact) mass is 431 g/mol. The minimum absolute atomic E-state index is 0.142. The van der Waals surface area contributed by atoms with Crippen molar-refractivity contribution in [1.82, 2.24) is 20.0 Å².